The lowest BCUT2D eigenvalue weighted by Crippen LogP contribution is -2.23. The molecule has 5 nitrogen and oxygen atoms in total. The third-order valence-electron chi connectivity index (χ3n) is 6.54. The van der Waals surface area contributed by atoms with Crippen molar-refractivity contribution in [1.82, 2.24) is 0 Å². The lowest BCUT2D eigenvalue weighted by atomic mass is 9.82. The van der Waals surface area contributed by atoms with Crippen LogP contribution in [0.4, 0.5) is 11.4 Å². The molecule has 4 rings (SSSR count). The van der Waals surface area contributed by atoms with Crippen molar-refractivity contribution in [3.05, 3.63) is 77.4 Å². The van der Waals surface area contributed by atoms with Gasteiger partial charge in [0.25, 0.3) is 0 Å². The maximum atomic E-state index is 9.48. The van der Waals surface area contributed by atoms with Crippen LogP contribution in [0.3, 0.4) is 0 Å². The van der Waals surface area contributed by atoms with Gasteiger partial charge in [0.2, 0.25) is 0 Å². The number of fused-ring (bicyclic) bond motifs is 2. The molecule has 0 saturated heterocycles. The first kappa shape index (κ1) is 23.0. The lowest BCUT2D eigenvalue weighted by molar-refractivity contribution is 0.0974. The van der Waals surface area contributed by atoms with Crippen LogP contribution in [-0.4, -0.2) is 38.1 Å². The molecule has 0 atom stereocenters. The second kappa shape index (κ2) is 10.2. The zero-order valence-electron chi connectivity index (χ0n) is 20.0. The Labute approximate surface area is 197 Å². The normalized spacial score (nSPS) is 12.5. The molecule has 0 amide bonds. The smallest absolute Gasteiger partial charge is 0.186 e. The molecule has 174 valence electrons. The second-order valence-electron chi connectivity index (χ2n) is 8.14. The minimum absolute atomic E-state index is 0.0528. The van der Waals surface area contributed by atoms with Crippen molar-refractivity contribution in [3.8, 4) is 17.2 Å². The van der Waals surface area contributed by atoms with Crippen LogP contribution in [0.1, 0.15) is 50.3 Å². The Hall–Kier alpha value is -3.18. The van der Waals surface area contributed by atoms with E-state index in [1.165, 1.54) is 0 Å². The fraction of sp³-hybridized carbons (Fsp3) is 0.357. The van der Waals surface area contributed by atoms with Gasteiger partial charge in [0.15, 0.2) is 6.79 Å². The number of para-hydroxylation sites is 1. The number of hydrogen-bond donors (Lipinski definition) is 1. The third kappa shape index (κ3) is 4.38. The number of benzene rings is 3. The topological polar surface area (TPSA) is 45.2 Å². The van der Waals surface area contributed by atoms with Crippen molar-refractivity contribution in [2.75, 3.05) is 42.8 Å². The summed E-state index contributed by atoms with van der Waals surface area (Å²) >= 11 is 0. The number of ether oxygens (including phenoxy) is 2. The molecule has 1 heterocycles. The molecule has 1 aliphatic heterocycles. The molecule has 1 N–H and O–H groups in total. The number of anilines is 2. The summed E-state index contributed by atoms with van der Waals surface area (Å²) in [5.74, 6) is 2.37. The van der Waals surface area contributed by atoms with Crippen LogP contribution in [0.5, 0.6) is 17.2 Å². The average Bonchev–Trinajstić information content (AvgIpc) is 2.84. The zero-order chi connectivity index (χ0) is 23.4. The summed E-state index contributed by atoms with van der Waals surface area (Å²) in [6.07, 6.45) is 0. The first-order chi connectivity index (χ1) is 16.1. The summed E-state index contributed by atoms with van der Waals surface area (Å²) < 4.78 is 12.2. The fourth-order valence-corrected chi connectivity index (χ4v) is 4.81. The molecule has 0 aromatic heterocycles. The minimum Gasteiger partial charge on any atom is -0.467 e. The highest BCUT2D eigenvalue weighted by molar-refractivity contribution is 5.67. The molecule has 0 spiro atoms. The van der Waals surface area contributed by atoms with Crippen molar-refractivity contribution in [2.24, 2.45) is 0 Å². The number of aliphatic hydroxyl groups is 1. The second-order valence-corrected chi connectivity index (χ2v) is 8.14. The van der Waals surface area contributed by atoms with E-state index in [9.17, 15) is 5.11 Å². The van der Waals surface area contributed by atoms with E-state index in [-0.39, 0.29) is 12.7 Å². The molecular weight excluding hydrogens is 412 g/mol. The molecular formula is C28H34N2O3. The highest BCUT2D eigenvalue weighted by atomic mass is 16.6. The molecule has 33 heavy (non-hydrogen) atoms. The number of aliphatic hydroxyl groups excluding tert-OH is 1. The van der Waals surface area contributed by atoms with E-state index in [0.717, 1.165) is 65.7 Å². The largest absolute Gasteiger partial charge is 0.467 e. The molecule has 0 aliphatic carbocycles. The molecule has 0 unspecified atom stereocenters. The van der Waals surface area contributed by atoms with Crippen LogP contribution >= 0.6 is 0 Å². The van der Waals surface area contributed by atoms with Crippen molar-refractivity contribution < 1.29 is 14.6 Å². The Bertz CT molecular complexity index is 1030. The van der Waals surface area contributed by atoms with E-state index in [1.54, 1.807) is 0 Å². The van der Waals surface area contributed by atoms with Crippen LogP contribution in [0.15, 0.2) is 60.7 Å². The van der Waals surface area contributed by atoms with Gasteiger partial charge in [0.1, 0.15) is 17.2 Å². The third-order valence-corrected chi connectivity index (χ3v) is 6.54. The van der Waals surface area contributed by atoms with Crippen molar-refractivity contribution >= 4 is 11.4 Å². The molecule has 0 saturated carbocycles. The summed E-state index contributed by atoms with van der Waals surface area (Å²) in [4.78, 5) is 4.65. The SMILES string of the molecule is CCN(CC)c1ccc2c(c1)Oc1cc(N(CC)CC)ccc1C2c1ccccc1OCO. The van der Waals surface area contributed by atoms with Crippen LogP contribution in [0.2, 0.25) is 0 Å². The summed E-state index contributed by atoms with van der Waals surface area (Å²) in [7, 11) is 0. The van der Waals surface area contributed by atoms with Gasteiger partial charge < -0.3 is 24.4 Å². The van der Waals surface area contributed by atoms with Gasteiger partial charge in [-0.05, 0) is 45.9 Å². The van der Waals surface area contributed by atoms with E-state index >= 15 is 0 Å². The van der Waals surface area contributed by atoms with E-state index < -0.39 is 0 Å². The van der Waals surface area contributed by atoms with Crippen LogP contribution in [0.25, 0.3) is 0 Å². The molecule has 1 aliphatic rings. The molecule has 0 fully saturated rings. The van der Waals surface area contributed by atoms with Gasteiger partial charge in [0.05, 0.1) is 0 Å². The molecule has 3 aromatic rings. The fourth-order valence-electron chi connectivity index (χ4n) is 4.81. The predicted octanol–water partition coefficient (Wildman–Crippen LogP) is 5.99. The summed E-state index contributed by atoms with van der Waals surface area (Å²) in [6, 6.07) is 20.9. The Morgan fingerprint density at radius 1 is 0.727 bits per heavy atom. The lowest BCUT2D eigenvalue weighted by Gasteiger charge is -2.32. The average molecular weight is 447 g/mol. The highest BCUT2D eigenvalue weighted by Gasteiger charge is 2.31. The summed E-state index contributed by atoms with van der Waals surface area (Å²) in [6.45, 7) is 12.1. The van der Waals surface area contributed by atoms with Crippen LogP contribution in [-0.2, 0) is 0 Å². The first-order valence-corrected chi connectivity index (χ1v) is 11.9. The number of hydrogen-bond acceptors (Lipinski definition) is 5. The highest BCUT2D eigenvalue weighted by Crippen LogP contribution is 2.51. The van der Waals surface area contributed by atoms with Gasteiger partial charge in [-0.25, -0.2) is 0 Å². The maximum Gasteiger partial charge on any atom is 0.186 e. The van der Waals surface area contributed by atoms with Crippen molar-refractivity contribution in [2.45, 2.75) is 33.6 Å². The van der Waals surface area contributed by atoms with Gasteiger partial charge in [-0.3, -0.25) is 0 Å². The molecule has 0 bridgehead atoms. The van der Waals surface area contributed by atoms with Crippen LogP contribution in [0, 0.1) is 0 Å². The number of nitrogens with zero attached hydrogens (tertiary/aromatic N) is 2. The Morgan fingerprint density at radius 2 is 1.24 bits per heavy atom. The molecule has 0 radical (unpaired) electrons. The minimum atomic E-state index is -0.359. The molecule has 5 heteroatoms. The first-order valence-electron chi connectivity index (χ1n) is 11.9. The van der Waals surface area contributed by atoms with Gasteiger partial charge in [-0.15, -0.1) is 0 Å². The van der Waals surface area contributed by atoms with Gasteiger partial charge in [-0.1, -0.05) is 30.3 Å². The Balaban J connectivity index is 1.89. The zero-order valence-corrected chi connectivity index (χ0v) is 20.0. The van der Waals surface area contributed by atoms with E-state index in [0.29, 0.717) is 5.75 Å². The monoisotopic (exact) mass is 446 g/mol. The van der Waals surface area contributed by atoms with Gasteiger partial charge in [0, 0.05) is 72.3 Å². The van der Waals surface area contributed by atoms with Crippen molar-refractivity contribution in [3.63, 3.8) is 0 Å². The van der Waals surface area contributed by atoms with E-state index in [4.69, 9.17) is 9.47 Å². The summed E-state index contributed by atoms with van der Waals surface area (Å²) in [5.41, 5.74) is 5.52. The van der Waals surface area contributed by atoms with Gasteiger partial charge >= 0.3 is 0 Å². The quantitative estimate of drug-likeness (QED) is 0.320. The van der Waals surface area contributed by atoms with E-state index in [1.807, 2.05) is 18.2 Å². The van der Waals surface area contributed by atoms with Crippen molar-refractivity contribution in [1.29, 1.82) is 0 Å². The Kier molecular flexibility index (Phi) is 7.09. The molecule has 3 aromatic carbocycles. The maximum absolute atomic E-state index is 9.48. The standard InChI is InChI=1S/C28H34N2O3/c1-5-29(6-2)20-13-15-23-26(17-20)33-27-18-21(30(7-3)8-4)14-16-24(27)28(23)22-11-9-10-12-25(22)32-19-31/h9-18,28,31H,5-8,19H2,1-4H3. The van der Waals surface area contributed by atoms with Crippen LogP contribution < -0.4 is 19.3 Å². The summed E-state index contributed by atoms with van der Waals surface area (Å²) in [5, 5.41) is 9.48. The van der Waals surface area contributed by atoms with E-state index in [2.05, 4.69) is 80.0 Å². The predicted molar refractivity (Wildman–Crippen MR) is 135 cm³/mol. The number of rotatable bonds is 9. The van der Waals surface area contributed by atoms with Gasteiger partial charge in [-0.2, -0.15) is 0 Å². The Morgan fingerprint density at radius 3 is 1.73 bits per heavy atom.